The summed E-state index contributed by atoms with van der Waals surface area (Å²) in [6.07, 6.45) is 15.7. The van der Waals surface area contributed by atoms with Gasteiger partial charge in [0.25, 0.3) is 0 Å². The van der Waals surface area contributed by atoms with Crippen molar-refractivity contribution in [3.8, 4) is 0 Å². The van der Waals surface area contributed by atoms with Crippen molar-refractivity contribution in [2.75, 3.05) is 0 Å². The van der Waals surface area contributed by atoms with E-state index >= 15 is 0 Å². The Kier molecular flexibility index (Phi) is 5.43. The lowest BCUT2D eigenvalue weighted by Gasteiger charge is -2.33. The van der Waals surface area contributed by atoms with E-state index in [-0.39, 0.29) is 5.41 Å². The van der Waals surface area contributed by atoms with Gasteiger partial charge in [-0.15, -0.1) is 0 Å². The first-order chi connectivity index (χ1) is 10.9. The second kappa shape index (κ2) is 7.32. The number of carbonyl (C=O) groups is 1. The van der Waals surface area contributed by atoms with Crippen LogP contribution in [0.3, 0.4) is 0 Å². The minimum atomic E-state index is -0.907. The molecule has 3 nitrogen and oxygen atoms in total. The lowest BCUT2D eigenvalue weighted by Crippen LogP contribution is -2.23. The molecule has 0 aromatic carbocycles. The molecule has 0 fully saturated rings. The second-order valence-corrected chi connectivity index (χ2v) is 6.46. The smallest absolute Gasteiger partial charge is 0.335 e. The molecule has 1 aromatic rings. The fourth-order valence-corrected chi connectivity index (χ4v) is 2.77. The maximum absolute atomic E-state index is 11.3. The summed E-state index contributed by atoms with van der Waals surface area (Å²) in [5.74, 6) is -0.504. The van der Waals surface area contributed by atoms with Gasteiger partial charge in [0.15, 0.2) is 0 Å². The number of aliphatic carboxylic acids is 1. The van der Waals surface area contributed by atoms with Crippen molar-refractivity contribution in [1.82, 2.24) is 0 Å². The molecule has 0 radical (unpaired) electrons. The molecule has 1 aliphatic carbocycles. The summed E-state index contributed by atoms with van der Waals surface area (Å²) in [5.41, 5.74) is 2.06. The zero-order chi connectivity index (χ0) is 16.9. The Bertz CT molecular complexity index is 646. The van der Waals surface area contributed by atoms with Gasteiger partial charge in [0, 0.05) is 5.56 Å². The molecule has 1 heterocycles. The first kappa shape index (κ1) is 17.1. The average molecular weight is 312 g/mol. The van der Waals surface area contributed by atoms with Gasteiger partial charge in [-0.25, -0.2) is 4.79 Å². The monoisotopic (exact) mass is 312 g/mol. The van der Waals surface area contributed by atoms with Gasteiger partial charge in [-0.1, -0.05) is 44.7 Å². The largest absolute Gasteiger partial charge is 0.478 e. The fraction of sp³-hybridized carbons (Fsp3) is 0.350. The van der Waals surface area contributed by atoms with Crippen LogP contribution in [0.1, 0.15) is 38.7 Å². The molecule has 23 heavy (non-hydrogen) atoms. The Morgan fingerprint density at radius 2 is 2.30 bits per heavy atom. The van der Waals surface area contributed by atoms with Crippen LogP contribution in [0, 0.1) is 11.3 Å². The SMILES string of the molecule is C=C1CC[C@@H](C)[C@](C)(C=Cc2ccoc2)CC=CC=C1C(=O)O. The highest BCUT2D eigenvalue weighted by Crippen LogP contribution is 2.38. The number of carboxylic acid groups (broad SMARTS) is 1. The highest BCUT2D eigenvalue weighted by Gasteiger charge is 2.28. The van der Waals surface area contributed by atoms with Crippen molar-refractivity contribution in [2.24, 2.45) is 11.3 Å². The van der Waals surface area contributed by atoms with Gasteiger partial charge in [0.2, 0.25) is 0 Å². The molecule has 1 aliphatic rings. The quantitative estimate of drug-likeness (QED) is 0.830. The molecule has 0 unspecified atom stereocenters. The fourth-order valence-electron chi connectivity index (χ4n) is 2.77. The Morgan fingerprint density at radius 3 is 2.96 bits per heavy atom. The van der Waals surface area contributed by atoms with Crippen LogP contribution in [0.2, 0.25) is 0 Å². The summed E-state index contributed by atoms with van der Waals surface area (Å²) in [6.45, 7) is 8.40. The van der Waals surface area contributed by atoms with E-state index in [0.29, 0.717) is 23.5 Å². The molecule has 1 N–H and O–H groups in total. The van der Waals surface area contributed by atoms with Crippen LogP contribution < -0.4 is 0 Å². The molecule has 1 aromatic heterocycles. The Morgan fingerprint density at radius 1 is 1.52 bits per heavy atom. The highest BCUT2D eigenvalue weighted by atomic mass is 16.4. The number of furan rings is 1. The van der Waals surface area contributed by atoms with E-state index in [1.165, 1.54) is 0 Å². The minimum absolute atomic E-state index is 0.00260. The zero-order valence-electron chi connectivity index (χ0n) is 13.8. The van der Waals surface area contributed by atoms with Crippen molar-refractivity contribution >= 4 is 12.0 Å². The van der Waals surface area contributed by atoms with Gasteiger partial charge in [0.05, 0.1) is 18.1 Å². The highest BCUT2D eigenvalue weighted by molar-refractivity contribution is 5.91. The Labute approximate surface area is 137 Å². The van der Waals surface area contributed by atoms with Gasteiger partial charge in [-0.2, -0.15) is 0 Å². The van der Waals surface area contributed by atoms with E-state index in [1.54, 1.807) is 18.6 Å². The molecule has 0 saturated carbocycles. The van der Waals surface area contributed by atoms with E-state index in [4.69, 9.17) is 4.42 Å². The number of hydrogen-bond acceptors (Lipinski definition) is 2. The number of allylic oxidation sites excluding steroid dienone is 4. The molecule has 3 heteroatoms. The van der Waals surface area contributed by atoms with Gasteiger partial charge in [0.1, 0.15) is 0 Å². The predicted molar refractivity (Wildman–Crippen MR) is 92.9 cm³/mol. The third-order valence-electron chi connectivity index (χ3n) is 4.77. The number of hydrogen-bond donors (Lipinski definition) is 1. The summed E-state index contributed by atoms with van der Waals surface area (Å²) >= 11 is 0. The van der Waals surface area contributed by atoms with Crippen molar-refractivity contribution < 1.29 is 14.3 Å². The molecule has 2 atom stereocenters. The van der Waals surface area contributed by atoms with E-state index in [2.05, 4.69) is 32.6 Å². The molecule has 0 bridgehead atoms. The molecule has 0 spiro atoms. The van der Waals surface area contributed by atoms with Crippen LogP contribution in [0.4, 0.5) is 0 Å². The third-order valence-corrected chi connectivity index (χ3v) is 4.77. The summed E-state index contributed by atoms with van der Waals surface area (Å²) in [4.78, 5) is 11.3. The molecule has 2 rings (SSSR count). The maximum Gasteiger partial charge on any atom is 0.335 e. The van der Waals surface area contributed by atoms with E-state index in [1.807, 2.05) is 18.2 Å². The molecule has 0 saturated heterocycles. The lowest BCUT2D eigenvalue weighted by atomic mass is 9.72. The van der Waals surface area contributed by atoms with Crippen molar-refractivity contribution in [3.63, 3.8) is 0 Å². The standard InChI is InChI=1S/C20H24O3/c1-15-7-8-16(2)20(3,12-9-17-10-13-23-14-17)11-5-4-6-18(15)19(21)22/h4-6,9-10,12-14,16H,1,7-8,11H2,2-3H3,(H,21,22)/t16-,20+/m1/s1. The third kappa shape index (κ3) is 4.35. The van der Waals surface area contributed by atoms with Crippen molar-refractivity contribution in [1.29, 1.82) is 0 Å². The van der Waals surface area contributed by atoms with Crippen LogP contribution in [0.25, 0.3) is 6.08 Å². The van der Waals surface area contributed by atoms with Gasteiger partial charge < -0.3 is 9.52 Å². The maximum atomic E-state index is 11.3. The van der Waals surface area contributed by atoms with Crippen LogP contribution in [-0.2, 0) is 4.79 Å². The first-order valence-corrected chi connectivity index (χ1v) is 7.92. The number of carboxylic acids is 1. The summed E-state index contributed by atoms with van der Waals surface area (Å²) in [5, 5.41) is 9.26. The molecule has 0 aliphatic heterocycles. The average Bonchev–Trinajstić information content (AvgIpc) is 3.02. The molecular weight excluding hydrogens is 288 g/mol. The normalized spacial score (nSPS) is 26.3. The predicted octanol–water partition coefficient (Wildman–Crippen LogP) is 5.24. The van der Waals surface area contributed by atoms with Crippen LogP contribution in [0.5, 0.6) is 0 Å². The van der Waals surface area contributed by atoms with Gasteiger partial charge >= 0.3 is 5.97 Å². The van der Waals surface area contributed by atoms with Crippen LogP contribution in [-0.4, -0.2) is 11.1 Å². The topological polar surface area (TPSA) is 50.4 Å². The number of rotatable bonds is 3. The minimum Gasteiger partial charge on any atom is -0.478 e. The summed E-state index contributed by atoms with van der Waals surface area (Å²) in [6, 6.07) is 1.93. The zero-order valence-corrected chi connectivity index (χ0v) is 13.8. The van der Waals surface area contributed by atoms with E-state index in [9.17, 15) is 9.90 Å². The second-order valence-electron chi connectivity index (χ2n) is 6.46. The molecule has 0 amide bonds. The van der Waals surface area contributed by atoms with E-state index in [0.717, 1.165) is 18.4 Å². The molecular formula is C20H24O3. The summed E-state index contributed by atoms with van der Waals surface area (Å²) < 4.78 is 5.10. The Hall–Kier alpha value is -2.29. The van der Waals surface area contributed by atoms with Crippen molar-refractivity contribution in [2.45, 2.75) is 33.1 Å². The van der Waals surface area contributed by atoms with E-state index < -0.39 is 5.97 Å². The van der Waals surface area contributed by atoms with Gasteiger partial charge in [-0.05, 0) is 48.3 Å². The van der Waals surface area contributed by atoms with Crippen LogP contribution in [0.15, 0.2) is 65.0 Å². The lowest BCUT2D eigenvalue weighted by molar-refractivity contribution is -0.132. The molecule has 122 valence electrons. The Balaban J connectivity index is 2.24. The van der Waals surface area contributed by atoms with Gasteiger partial charge in [-0.3, -0.25) is 0 Å². The van der Waals surface area contributed by atoms with Crippen molar-refractivity contribution in [3.05, 3.63) is 66.2 Å². The van der Waals surface area contributed by atoms with Crippen LogP contribution >= 0.6 is 0 Å². The summed E-state index contributed by atoms with van der Waals surface area (Å²) in [7, 11) is 0. The first-order valence-electron chi connectivity index (χ1n) is 7.92.